The second kappa shape index (κ2) is 10.9. The van der Waals surface area contributed by atoms with E-state index in [0.717, 1.165) is 37.8 Å². The number of pyridine rings is 1. The second-order valence-electron chi connectivity index (χ2n) is 5.89. The van der Waals surface area contributed by atoms with Gasteiger partial charge in [-0.05, 0) is 31.4 Å². The topological polar surface area (TPSA) is 72.8 Å². The number of aliphatic hydroxyl groups excluding tert-OH is 1. The molecule has 0 amide bonds. The van der Waals surface area contributed by atoms with Crippen molar-refractivity contribution in [1.82, 2.24) is 15.6 Å². The predicted octanol–water partition coefficient (Wildman–Crippen LogP) is 2.12. The van der Waals surface area contributed by atoms with Crippen molar-refractivity contribution in [3.8, 4) is 0 Å². The Morgan fingerprint density at radius 1 is 1.58 bits per heavy atom. The highest BCUT2D eigenvalue weighted by atomic mass is 127. The summed E-state index contributed by atoms with van der Waals surface area (Å²) in [5.41, 5.74) is 0. The van der Waals surface area contributed by atoms with E-state index in [-0.39, 0.29) is 36.5 Å². The van der Waals surface area contributed by atoms with Gasteiger partial charge in [-0.3, -0.25) is 4.99 Å². The maximum Gasteiger partial charge on any atom is 0.191 e. The number of rotatable bonds is 6. The van der Waals surface area contributed by atoms with Crippen LogP contribution < -0.4 is 15.5 Å². The molecule has 0 aliphatic carbocycles. The molecular weight excluding hydrogens is 441 g/mol. The van der Waals surface area contributed by atoms with E-state index in [1.807, 2.05) is 26.0 Å². The van der Waals surface area contributed by atoms with Crippen molar-refractivity contribution in [3.05, 3.63) is 23.4 Å². The van der Waals surface area contributed by atoms with Gasteiger partial charge in [-0.2, -0.15) is 0 Å². The fourth-order valence-electron chi connectivity index (χ4n) is 2.50. The number of guanidine groups is 1. The molecule has 2 heterocycles. The molecule has 0 aromatic carbocycles. The third-order valence-corrected chi connectivity index (χ3v) is 4.08. The molecule has 24 heavy (non-hydrogen) atoms. The lowest BCUT2D eigenvalue weighted by molar-refractivity contribution is 0.241. The number of nitrogens with zero attached hydrogens (tertiary/aromatic N) is 3. The third kappa shape index (κ3) is 6.25. The van der Waals surface area contributed by atoms with Gasteiger partial charge in [0.2, 0.25) is 0 Å². The predicted molar refractivity (Wildman–Crippen MR) is 111 cm³/mol. The van der Waals surface area contributed by atoms with Crippen molar-refractivity contribution < 1.29 is 5.11 Å². The first kappa shape index (κ1) is 21.2. The smallest absolute Gasteiger partial charge is 0.191 e. The number of aromatic nitrogens is 1. The monoisotopic (exact) mass is 467 g/mol. The Morgan fingerprint density at radius 3 is 3.04 bits per heavy atom. The Kier molecular flexibility index (Phi) is 9.68. The van der Waals surface area contributed by atoms with Gasteiger partial charge in [-0.25, -0.2) is 4.98 Å². The number of nitrogens with one attached hydrogen (secondary N) is 2. The van der Waals surface area contributed by atoms with Gasteiger partial charge < -0.3 is 20.6 Å². The van der Waals surface area contributed by atoms with Crippen LogP contribution in [-0.2, 0) is 0 Å². The first-order chi connectivity index (χ1) is 11.1. The van der Waals surface area contributed by atoms with Crippen molar-refractivity contribution in [2.45, 2.75) is 26.3 Å². The van der Waals surface area contributed by atoms with Crippen LogP contribution in [-0.4, -0.2) is 54.9 Å². The summed E-state index contributed by atoms with van der Waals surface area (Å²) in [5.74, 6) is 1.80. The number of hydrogen-bond donors (Lipinski definition) is 3. The maximum absolute atomic E-state index is 9.11. The van der Waals surface area contributed by atoms with Crippen LogP contribution in [0, 0.1) is 5.92 Å². The number of anilines is 1. The van der Waals surface area contributed by atoms with Crippen molar-refractivity contribution >= 4 is 47.4 Å². The molecule has 6 nitrogen and oxygen atoms in total. The summed E-state index contributed by atoms with van der Waals surface area (Å²) >= 11 is 6.22. The van der Waals surface area contributed by atoms with E-state index in [9.17, 15) is 0 Å². The van der Waals surface area contributed by atoms with Gasteiger partial charge in [0.15, 0.2) is 5.96 Å². The van der Waals surface area contributed by atoms with Gasteiger partial charge in [-0.1, -0.05) is 18.5 Å². The summed E-state index contributed by atoms with van der Waals surface area (Å²) < 4.78 is 0. The maximum atomic E-state index is 9.11. The summed E-state index contributed by atoms with van der Waals surface area (Å²) in [7, 11) is 0. The number of aliphatic imine (C=N–C) groups is 1. The zero-order valence-electron chi connectivity index (χ0n) is 14.2. The van der Waals surface area contributed by atoms with Gasteiger partial charge in [0.05, 0.1) is 5.02 Å². The minimum Gasteiger partial charge on any atom is -0.396 e. The molecule has 1 aromatic rings. The normalized spacial score (nSPS) is 18.9. The fourth-order valence-corrected chi connectivity index (χ4v) is 2.74. The Morgan fingerprint density at radius 2 is 2.38 bits per heavy atom. The van der Waals surface area contributed by atoms with Crippen LogP contribution in [0.2, 0.25) is 5.02 Å². The van der Waals surface area contributed by atoms with E-state index in [2.05, 4.69) is 25.5 Å². The van der Waals surface area contributed by atoms with E-state index < -0.39 is 0 Å². The molecule has 0 saturated carbocycles. The van der Waals surface area contributed by atoms with Crippen LogP contribution in [0.4, 0.5) is 5.82 Å². The second-order valence-corrected chi connectivity index (χ2v) is 6.30. The third-order valence-electron chi connectivity index (χ3n) is 3.78. The SMILES string of the molecule is CCNC(=NCC(C)CO)NC1CCN(c2ncccc2Cl)C1.I. The Balaban J connectivity index is 0.00000288. The molecule has 1 saturated heterocycles. The molecule has 2 rings (SSSR count). The van der Waals surface area contributed by atoms with Gasteiger partial charge in [-0.15, -0.1) is 24.0 Å². The van der Waals surface area contributed by atoms with E-state index in [1.165, 1.54) is 0 Å². The average molecular weight is 468 g/mol. The fraction of sp³-hybridized carbons (Fsp3) is 0.625. The molecule has 0 radical (unpaired) electrons. The van der Waals surface area contributed by atoms with E-state index in [1.54, 1.807) is 6.20 Å². The number of halogens is 2. The molecule has 2 atom stereocenters. The summed E-state index contributed by atoms with van der Waals surface area (Å²) in [6, 6.07) is 4.01. The highest BCUT2D eigenvalue weighted by Gasteiger charge is 2.25. The standard InChI is InChI=1S/C16H26ClN5O.HI/c1-3-18-16(20-9-12(2)11-23)21-13-6-8-22(10-13)15-14(17)5-4-7-19-15;/h4-5,7,12-13,23H,3,6,8-11H2,1-2H3,(H2,18,20,21);1H. The summed E-state index contributed by atoms with van der Waals surface area (Å²) in [5, 5.41) is 16.5. The number of aliphatic hydroxyl groups is 1. The van der Waals surface area contributed by atoms with E-state index in [4.69, 9.17) is 16.7 Å². The zero-order valence-corrected chi connectivity index (χ0v) is 17.3. The molecule has 8 heteroatoms. The van der Waals surface area contributed by atoms with Crippen LogP contribution >= 0.6 is 35.6 Å². The molecule has 0 bridgehead atoms. The molecule has 0 spiro atoms. The lowest BCUT2D eigenvalue weighted by Crippen LogP contribution is -2.45. The van der Waals surface area contributed by atoms with Crippen LogP contribution in [0.5, 0.6) is 0 Å². The molecule has 1 aliphatic heterocycles. The molecule has 1 aliphatic rings. The lowest BCUT2D eigenvalue weighted by atomic mass is 10.2. The van der Waals surface area contributed by atoms with Crippen molar-refractivity contribution in [1.29, 1.82) is 0 Å². The van der Waals surface area contributed by atoms with Crippen molar-refractivity contribution in [2.24, 2.45) is 10.9 Å². The largest absolute Gasteiger partial charge is 0.396 e. The Hall–Kier alpha value is -0.800. The van der Waals surface area contributed by atoms with Gasteiger partial charge in [0.25, 0.3) is 0 Å². The van der Waals surface area contributed by atoms with Crippen molar-refractivity contribution in [3.63, 3.8) is 0 Å². The first-order valence-corrected chi connectivity index (χ1v) is 8.53. The number of hydrogen-bond acceptors (Lipinski definition) is 4. The Bertz CT molecular complexity index is 531. The molecule has 1 fully saturated rings. The minimum atomic E-state index is 0. The molecule has 3 N–H and O–H groups in total. The Labute approximate surface area is 166 Å². The quantitative estimate of drug-likeness (QED) is 0.340. The first-order valence-electron chi connectivity index (χ1n) is 8.15. The zero-order chi connectivity index (χ0) is 16.7. The molecule has 136 valence electrons. The van der Waals surface area contributed by atoms with Gasteiger partial charge in [0.1, 0.15) is 5.82 Å². The van der Waals surface area contributed by atoms with E-state index >= 15 is 0 Å². The summed E-state index contributed by atoms with van der Waals surface area (Å²) in [6.07, 6.45) is 2.77. The van der Waals surface area contributed by atoms with Crippen LogP contribution in [0.15, 0.2) is 23.3 Å². The van der Waals surface area contributed by atoms with Crippen LogP contribution in [0.25, 0.3) is 0 Å². The highest BCUT2D eigenvalue weighted by molar-refractivity contribution is 14.0. The van der Waals surface area contributed by atoms with Crippen LogP contribution in [0.1, 0.15) is 20.3 Å². The van der Waals surface area contributed by atoms with Crippen LogP contribution in [0.3, 0.4) is 0 Å². The van der Waals surface area contributed by atoms with Gasteiger partial charge in [0, 0.05) is 45.0 Å². The highest BCUT2D eigenvalue weighted by Crippen LogP contribution is 2.25. The molecular formula is C16H27ClIN5O. The molecule has 2 unspecified atom stereocenters. The molecule has 1 aromatic heterocycles. The summed E-state index contributed by atoms with van der Waals surface area (Å²) in [4.78, 5) is 11.1. The minimum absolute atomic E-state index is 0. The summed E-state index contributed by atoms with van der Waals surface area (Å²) in [6.45, 7) is 7.35. The van der Waals surface area contributed by atoms with E-state index in [0.29, 0.717) is 17.6 Å². The van der Waals surface area contributed by atoms with Gasteiger partial charge >= 0.3 is 0 Å². The van der Waals surface area contributed by atoms with Crippen molar-refractivity contribution in [2.75, 3.05) is 37.7 Å². The lowest BCUT2D eigenvalue weighted by Gasteiger charge is -2.20. The average Bonchev–Trinajstić information content (AvgIpc) is 3.01.